The van der Waals surface area contributed by atoms with Gasteiger partial charge in [-0.3, -0.25) is 9.59 Å². The van der Waals surface area contributed by atoms with Gasteiger partial charge in [-0.25, -0.2) is 22.2 Å². The lowest BCUT2D eigenvalue weighted by atomic mass is 10.1. The summed E-state index contributed by atoms with van der Waals surface area (Å²) in [6.45, 7) is 1.50. The minimum absolute atomic E-state index is 0.0516. The van der Waals surface area contributed by atoms with Crippen molar-refractivity contribution in [2.75, 3.05) is 26.2 Å². The van der Waals surface area contributed by atoms with E-state index in [-0.39, 0.29) is 22.8 Å². The van der Waals surface area contributed by atoms with Crippen molar-refractivity contribution < 1.29 is 22.4 Å². The van der Waals surface area contributed by atoms with Gasteiger partial charge in [-0.15, -0.1) is 5.10 Å². The van der Waals surface area contributed by atoms with Crippen LogP contribution in [0, 0.1) is 5.82 Å². The highest BCUT2D eigenvalue weighted by atomic mass is 32.2. The molecule has 1 aromatic carbocycles. The van der Waals surface area contributed by atoms with Gasteiger partial charge in [0.25, 0.3) is 0 Å². The summed E-state index contributed by atoms with van der Waals surface area (Å²) >= 11 is 0. The number of aromatic nitrogens is 3. The molecule has 0 spiro atoms. The fraction of sp³-hybridized carbons (Fsp3) is 0.444. The quantitative estimate of drug-likeness (QED) is 0.648. The molecule has 2 aromatic rings. The second kappa shape index (κ2) is 8.11. The molecule has 160 valence electrons. The third kappa shape index (κ3) is 4.33. The lowest BCUT2D eigenvalue weighted by molar-refractivity contribution is -0.135. The number of rotatable bonds is 7. The summed E-state index contributed by atoms with van der Waals surface area (Å²) in [6.07, 6.45) is 3.19. The second-order valence-corrected chi connectivity index (χ2v) is 9.11. The standard InChI is InChI=1S/C18H21FN6O4S/c19-13-3-1-4-16(7-13)30(28,29)20-8-18(27)24-11-15(12-24)25-10-14(21-22-25)9-23-6-2-5-17(23)26/h1,3-4,7,10,15,20H,2,5-6,8-9,11-12H2. The number of carbonyl (C=O) groups is 2. The van der Waals surface area contributed by atoms with Gasteiger partial charge in [0, 0.05) is 26.1 Å². The zero-order valence-electron chi connectivity index (χ0n) is 16.1. The highest BCUT2D eigenvalue weighted by molar-refractivity contribution is 7.89. The van der Waals surface area contributed by atoms with Gasteiger partial charge in [-0.1, -0.05) is 11.3 Å². The molecule has 2 amide bonds. The van der Waals surface area contributed by atoms with Gasteiger partial charge in [-0.05, 0) is 24.6 Å². The Hall–Kier alpha value is -2.86. The number of carbonyl (C=O) groups excluding carboxylic acids is 2. The van der Waals surface area contributed by atoms with Crippen LogP contribution in [0.5, 0.6) is 0 Å². The maximum atomic E-state index is 13.2. The average molecular weight is 436 g/mol. The SMILES string of the molecule is O=C1CCCN1Cc1cn(C2CN(C(=O)CNS(=O)(=O)c3cccc(F)c3)C2)nn1. The van der Waals surface area contributed by atoms with Crippen LogP contribution < -0.4 is 4.72 Å². The third-order valence-corrected chi connectivity index (χ3v) is 6.59. The van der Waals surface area contributed by atoms with Crippen molar-refractivity contribution in [3.05, 3.63) is 42.0 Å². The van der Waals surface area contributed by atoms with E-state index in [1.807, 2.05) is 0 Å². The molecule has 0 radical (unpaired) electrons. The number of hydrogen-bond acceptors (Lipinski definition) is 6. The van der Waals surface area contributed by atoms with Crippen LogP contribution in [-0.2, 0) is 26.2 Å². The summed E-state index contributed by atoms with van der Waals surface area (Å²) in [7, 11) is -3.97. The van der Waals surface area contributed by atoms with E-state index in [2.05, 4.69) is 15.0 Å². The maximum Gasteiger partial charge on any atom is 0.241 e. The number of amides is 2. The Morgan fingerprint density at radius 2 is 2.10 bits per heavy atom. The normalized spacial score (nSPS) is 17.4. The van der Waals surface area contributed by atoms with Crippen molar-refractivity contribution in [3.63, 3.8) is 0 Å². The number of hydrogen-bond donors (Lipinski definition) is 1. The summed E-state index contributed by atoms with van der Waals surface area (Å²) in [4.78, 5) is 27.0. The molecule has 1 N–H and O–H groups in total. The Labute approximate surface area is 172 Å². The van der Waals surface area contributed by atoms with Crippen LogP contribution in [0.2, 0.25) is 0 Å². The van der Waals surface area contributed by atoms with Crippen molar-refractivity contribution in [1.29, 1.82) is 0 Å². The third-order valence-electron chi connectivity index (χ3n) is 5.19. The van der Waals surface area contributed by atoms with Crippen molar-refractivity contribution in [2.45, 2.75) is 30.3 Å². The van der Waals surface area contributed by atoms with E-state index in [4.69, 9.17) is 0 Å². The molecule has 0 unspecified atom stereocenters. The number of nitrogens with zero attached hydrogens (tertiary/aromatic N) is 5. The van der Waals surface area contributed by atoms with Crippen LogP contribution in [0.4, 0.5) is 4.39 Å². The number of halogens is 1. The Morgan fingerprint density at radius 1 is 1.30 bits per heavy atom. The van der Waals surface area contributed by atoms with Crippen molar-refractivity contribution >= 4 is 21.8 Å². The topological polar surface area (TPSA) is 118 Å². The summed E-state index contributed by atoms with van der Waals surface area (Å²) in [5.74, 6) is -0.934. The van der Waals surface area contributed by atoms with Gasteiger partial charge in [0.2, 0.25) is 21.8 Å². The Balaban J connectivity index is 1.26. The highest BCUT2D eigenvalue weighted by Gasteiger charge is 2.33. The molecule has 2 saturated heterocycles. The van der Waals surface area contributed by atoms with Gasteiger partial charge < -0.3 is 9.80 Å². The van der Waals surface area contributed by atoms with Crippen molar-refractivity contribution in [1.82, 2.24) is 29.5 Å². The largest absolute Gasteiger partial charge is 0.337 e. The lowest BCUT2D eigenvalue weighted by Gasteiger charge is -2.38. The second-order valence-electron chi connectivity index (χ2n) is 7.34. The first-order valence-corrected chi connectivity index (χ1v) is 11.0. The molecule has 3 heterocycles. The fourth-order valence-corrected chi connectivity index (χ4v) is 4.45. The highest BCUT2D eigenvalue weighted by Crippen LogP contribution is 2.21. The number of benzene rings is 1. The first-order chi connectivity index (χ1) is 14.3. The molecular formula is C18H21FN6O4S. The van der Waals surface area contributed by atoms with Gasteiger partial charge in [0.05, 0.1) is 30.2 Å². The molecule has 0 bridgehead atoms. The van der Waals surface area contributed by atoms with Gasteiger partial charge >= 0.3 is 0 Å². The van der Waals surface area contributed by atoms with Gasteiger partial charge in [0.15, 0.2) is 0 Å². The van der Waals surface area contributed by atoms with Gasteiger partial charge in [0.1, 0.15) is 11.5 Å². The van der Waals surface area contributed by atoms with Crippen molar-refractivity contribution in [3.8, 4) is 0 Å². The summed E-state index contributed by atoms with van der Waals surface area (Å²) in [5, 5.41) is 8.17. The first kappa shape index (κ1) is 20.4. The molecule has 4 rings (SSSR count). The van der Waals surface area contributed by atoms with E-state index in [0.29, 0.717) is 31.7 Å². The van der Waals surface area contributed by atoms with Crippen LogP contribution in [-0.4, -0.2) is 71.2 Å². The fourth-order valence-electron chi connectivity index (χ4n) is 3.44. The van der Waals surface area contributed by atoms with Crippen LogP contribution in [0.25, 0.3) is 0 Å². The molecule has 0 saturated carbocycles. The van der Waals surface area contributed by atoms with E-state index < -0.39 is 22.4 Å². The van der Waals surface area contributed by atoms with Crippen LogP contribution in [0.3, 0.4) is 0 Å². The summed E-state index contributed by atoms with van der Waals surface area (Å²) < 4.78 is 41.4. The minimum Gasteiger partial charge on any atom is -0.337 e. The number of likely N-dealkylation sites (tertiary alicyclic amines) is 2. The predicted octanol–water partition coefficient (Wildman–Crippen LogP) is -0.0986. The van der Waals surface area contributed by atoms with E-state index in [1.165, 1.54) is 17.0 Å². The van der Waals surface area contributed by atoms with Crippen LogP contribution in [0.15, 0.2) is 35.4 Å². The zero-order valence-corrected chi connectivity index (χ0v) is 16.9. The monoisotopic (exact) mass is 436 g/mol. The molecule has 30 heavy (non-hydrogen) atoms. The number of sulfonamides is 1. The van der Waals surface area contributed by atoms with Crippen LogP contribution in [0.1, 0.15) is 24.6 Å². The summed E-state index contributed by atoms with van der Waals surface area (Å²) in [5.41, 5.74) is 0.692. The Bertz CT molecular complexity index is 1070. The number of nitrogens with one attached hydrogen (secondary N) is 1. The van der Waals surface area contributed by atoms with E-state index in [1.54, 1.807) is 15.8 Å². The minimum atomic E-state index is -3.97. The Morgan fingerprint density at radius 3 is 2.80 bits per heavy atom. The smallest absolute Gasteiger partial charge is 0.241 e. The zero-order chi connectivity index (χ0) is 21.3. The average Bonchev–Trinajstić information content (AvgIpc) is 3.29. The molecule has 2 aliphatic heterocycles. The van der Waals surface area contributed by atoms with Crippen molar-refractivity contribution in [2.24, 2.45) is 0 Å². The maximum absolute atomic E-state index is 13.2. The summed E-state index contributed by atoms with van der Waals surface area (Å²) in [6, 6.07) is 4.53. The molecule has 10 nitrogen and oxygen atoms in total. The molecule has 0 aliphatic carbocycles. The molecule has 2 fully saturated rings. The first-order valence-electron chi connectivity index (χ1n) is 9.53. The van der Waals surface area contributed by atoms with Gasteiger partial charge in [-0.2, -0.15) is 0 Å². The molecule has 2 aliphatic rings. The van der Waals surface area contributed by atoms with E-state index >= 15 is 0 Å². The molecule has 0 atom stereocenters. The predicted molar refractivity (Wildman–Crippen MR) is 102 cm³/mol. The Kier molecular flexibility index (Phi) is 5.52. The van der Waals surface area contributed by atoms with Crippen LogP contribution >= 0.6 is 0 Å². The molecule has 12 heteroatoms. The molecular weight excluding hydrogens is 415 g/mol. The van der Waals surface area contributed by atoms with E-state index in [0.717, 1.165) is 25.1 Å². The van der Waals surface area contributed by atoms with E-state index in [9.17, 15) is 22.4 Å². The molecule has 1 aromatic heterocycles. The lowest BCUT2D eigenvalue weighted by Crippen LogP contribution is -2.53.